The number of pyridine rings is 1. The van der Waals surface area contributed by atoms with E-state index in [1.165, 1.54) is 19.3 Å². The van der Waals surface area contributed by atoms with Crippen LogP contribution >= 0.6 is 11.8 Å². The van der Waals surface area contributed by atoms with Crippen LogP contribution in [-0.4, -0.2) is 20.9 Å². The van der Waals surface area contributed by atoms with Crippen molar-refractivity contribution in [3.8, 4) is 6.07 Å². The molecular formula is C17H23N5S. The molecule has 0 unspecified atom stereocenters. The fourth-order valence-corrected chi connectivity index (χ4v) is 3.31. The van der Waals surface area contributed by atoms with Crippen LogP contribution in [0.4, 0.5) is 11.6 Å². The van der Waals surface area contributed by atoms with Gasteiger partial charge in [-0.05, 0) is 37.7 Å². The van der Waals surface area contributed by atoms with Crippen LogP contribution < -0.4 is 5.32 Å². The van der Waals surface area contributed by atoms with Crippen molar-refractivity contribution < 1.29 is 0 Å². The topological polar surface area (TPSA) is 77.4 Å². The van der Waals surface area contributed by atoms with Crippen LogP contribution in [0.25, 0.3) is 0 Å². The smallest absolute Gasteiger partial charge is 0.153 e. The number of nitrogens with one attached hydrogen (secondary N) is 2. The zero-order chi connectivity index (χ0) is 16.7. The maximum atomic E-state index is 9.38. The van der Waals surface area contributed by atoms with Gasteiger partial charge in [0.2, 0.25) is 0 Å². The first-order chi connectivity index (χ1) is 11.1. The van der Waals surface area contributed by atoms with E-state index in [9.17, 15) is 5.26 Å². The summed E-state index contributed by atoms with van der Waals surface area (Å²) in [6.07, 6.45) is 4.88. The van der Waals surface area contributed by atoms with Gasteiger partial charge in [0.15, 0.2) is 5.82 Å². The number of aromatic nitrogens is 3. The summed E-state index contributed by atoms with van der Waals surface area (Å²) in [6, 6.07) is 6.09. The van der Waals surface area contributed by atoms with E-state index >= 15 is 0 Å². The molecule has 0 bridgehead atoms. The predicted octanol–water partition coefficient (Wildman–Crippen LogP) is 4.71. The number of nitriles is 1. The second-order valence-electron chi connectivity index (χ2n) is 5.59. The summed E-state index contributed by atoms with van der Waals surface area (Å²) in [5.41, 5.74) is 2.60. The van der Waals surface area contributed by atoms with Gasteiger partial charge < -0.3 is 5.32 Å². The molecule has 2 rings (SSSR count). The lowest BCUT2D eigenvalue weighted by Crippen LogP contribution is -1.99. The molecule has 0 saturated carbocycles. The highest BCUT2D eigenvalue weighted by Crippen LogP contribution is 2.27. The molecule has 0 atom stereocenters. The van der Waals surface area contributed by atoms with E-state index in [4.69, 9.17) is 0 Å². The van der Waals surface area contributed by atoms with E-state index in [0.29, 0.717) is 5.56 Å². The quantitative estimate of drug-likeness (QED) is 0.542. The summed E-state index contributed by atoms with van der Waals surface area (Å²) in [5.74, 6) is 2.45. The molecule has 0 fully saturated rings. The van der Waals surface area contributed by atoms with Gasteiger partial charge in [-0.25, -0.2) is 4.98 Å². The Balaban J connectivity index is 2.10. The van der Waals surface area contributed by atoms with E-state index in [-0.39, 0.29) is 0 Å². The van der Waals surface area contributed by atoms with E-state index in [0.717, 1.165) is 40.1 Å². The number of anilines is 2. The van der Waals surface area contributed by atoms with Crippen molar-refractivity contribution >= 4 is 23.4 Å². The number of thioether (sulfide) groups is 1. The molecular weight excluding hydrogens is 306 g/mol. The third-order valence-corrected chi connectivity index (χ3v) is 4.56. The highest BCUT2D eigenvalue weighted by atomic mass is 32.2. The SMILES string of the molecule is CCCCCCSc1nc(Nc2cc(C)[nH]n2)cc(C)c1C#N. The highest BCUT2D eigenvalue weighted by Gasteiger charge is 2.11. The Bertz CT molecular complexity index is 687. The van der Waals surface area contributed by atoms with Crippen molar-refractivity contribution in [3.05, 3.63) is 29.0 Å². The summed E-state index contributed by atoms with van der Waals surface area (Å²) in [7, 11) is 0. The average Bonchev–Trinajstić information content (AvgIpc) is 2.92. The number of nitrogens with zero attached hydrogens (tertiary/aromatic N) is 3. The lowest BCUT2D eigenvalue weighted by atomic mass is 10.2. The van der Waals surface area contributed by atoms with Crippen LogP contribution in [0.2, 0.25) is 0 Å². The van der Waals surface area contributed by atoms with Gasteiger partial charge in [0.1, 0.15) is 16.9 Å². The molecule has 0 aromatic carbocycles. The summed E-state index contributed by atoms with van der Waals surface area (Å²) < 4.78 is 0. The van der Waals surface area contributed by atoms with Crippen molar-refractivity contribution in [2.45, 2.75) is 51.5 Å². The fourth-order valence-electron chi connectivity index (χ4n) is 2.26. The molecule has 0 saturated heterocycles. The van der Waals surface area contributed by atoms with Crippen molar-refractivity contribution in [1.29, 1.82) is 5.26 Å². The molecule has 5 nitrogen and oxygen atoms in total. The molecule has 0 spiro atoms. The summed E-state index contributed by atoms with van der Waals surface area (Å²) >= 11 is 1.66. The Morgan fingerprint density at radius 2 is 2.04 bits per heavy atom. The van der Waals surface area contributed by atoms with Gasteiger partial charge in [-0.1, -0.05) is 26.2 Å². The Morgan fingerprint density at radius 1 is 1.22 bits per heavy atom. The van der Waals surface area contributed by atoms with E-state index in [2.05, 4.69) is 33.5 Å². The molecule has 0 radical (unpaired) electrons. The van der Waals surface area contributed by atoms with Crippen LogP contribution in [0.3, 0.4) is 0 Å². The second kappa shape index (κ2) is 8.59. The van der Waals surface area contributed by atoms with Gasteiger partial charge in [0, 0.05) is 11.8 Å². The van der Waals surface area contributed by atoms with Gasteiger partial charge in [-0.15, -0.1) is 11.8 Å². The van der Waals surface area contributed by atoms with Crippen molar-refractivity contribution in [2.24, 2.45) is 0 Å². The summed E-state index contributed by atoms with van der Waals surface area (Å²) in [5, 5.41) is 20.4. The number of hydrogen-bond donors (Lipinski definition) is 2. The molecule has 2 heterocycles. The molecule has 0 aliphatic carbocycles. The molecule has 0 aliphatic rings. The van der Waals surface area contributed by atoms with Gasteiger partial charge in [-0.2, -0.15) is 10.4 Å². The Kier molecular flexibility index (Phi) is 6.48. The normalized spacial score (nSPS) is 10.5. The molecule has 122 valence electrons. The van der Waals surface area contributed by atoms with Crippen molar-refractivity contribution in [3.63, 3.8) is 0 Å². The zero-order valence-corrected chi connectivity index (χ0v) is 14.8. The van der Waals surface area contributed by atoms with Crippen LogP contribution in [0.15, 0.2) is 17.2 Å². The standard InChI is InChI=1S/C17H23N5S/c1-4-5-6-7-8-23-17-14(11-18)12(2)9-15(20-17)19-16-10-13(3)21-22-16/h9-10H,4-8H2,1-3H3,(H2,19,20,21,22). The maximum Gasteiger partial charge on any atom is 0.153 e. The lowest BCUT2D eigenvalue weighted by molar-refractivity contribution is 0.706. The molecule has 2 aromatic heterocycles. The van der Waals surface area contributed by atoms with Crippen LogP contribution in [0.5, 0.6) is 0 Å². The van der Waals surface area contributed by atoms with Crippen molar-refractivity contribution in [2.75, 3.05) is 11.1 Å². The van der Waals surface area contributed by atoms with Gasteiger partial charge in [0.25, 0.3) is 0 Å². The first-order valence-corrected chi connectivity index (χ1v) is 8.96. The maximum absolute atomic E-state index is 9.38. The molecule has 2 N–H and O–H groups in total. The number of aryl methyl sites for hydroxylation is 2. The summed E-state index contributed by atoms with van der Waals surface area (Å²) in [4.78, 5) is 4.60. The third kappa shape index (κ3) is 5.00. The number of hydrogen-bond acceptors (Lipinski definition) is 5. The zero-order valence-electron chi connectivity index (χ0n) is 13.9. The number of H-pyrrole nitrogens is 1. The molecule has 0 amide bonds. The Hall–Kier alpha value is -2.00. The molecule has 2 aromatic rings. The van der Waals surface area contributed by atoms with Crippen LogP contribution in [0, 0.1) is 25.2 Å². The first kappa shape index (κ1) is 17.4. The van der Waals surface area contributed by atoms with E-state index < -0.39 is 0 Å². The summed E-state index contributed by atoms with van der Waals surface area (Å²) in [6.45, 7) is 6.10. The average molecular weight is 329 g/mol. The first-order valence-electron chi connectivity index (χ1n) is 7.97. The largest absolute Gasteiger partial charge is 0.323 e. The van der Waals surface area contributed by atoms with Gasteiger partial charge in [-0.3, -0.25) is 5.10 Å². The van der Waals surface area contributed by atoms with E-state index in [1.807, 2.05) is 26.0 Å². The number of rotatable bonds is 8. The number of aromatic amines is 1. The molecule has 6 heteroatoms. The van der Waals surface area contributed by atoms with Crippen LogP contribution in [-0.2, 0) is 0 Å². The fraction of sp³-hybridized carbons (Fsp3) is 0.471. The van der Waals surface area contributed by atoms with Gasteiger partial charge >= 0.3 is 0 Å². The lowest BCUT2D eigenvalue weighted by Gasteiger charge is -2.10. The minimum Gasteiger partial charge on any atom is -0.323 e. The van der Waals surface area contributed by atoms with Crippen LogP contribution in [0.1, 0.15) is 49.4 Å². The Labute approximate surface area is 141 Å². The Morgan fingerprint density at radius 3 is 2.70 bits per heavy atom. The molecule has 23 heavy (non-hydrogen) atoms. The second-order valence-corrected chi connectivity index (χ2v) is 6.67. The third-order valence-electron chi connectivity index (χ3n) is 3.49. The minimum atomic E-state index is 0.675. The van der Waals surface area contributed by atoms with E-state index in [1.54, 1.807) is 11.8 Å². The van der Waals surface area contributed by atoms with Gasteiger partial charge in [0.05, 0.1) is 5.56 Å². The molecule has 0 aliphatic heterocycles. The monoisotopic (exact) mass is 329 g/mol. The van der Waals surface area contributed by atoms with Crippen molar-refractivity contribution in [1.82, 2.24) is 15.2 Å². The predicted molar refractivity (Wildman–Crippen MR) is 95.2 cm³/mol. The minimum absolute atomic E-state index is 0.675. The number of unbranched alkanes of at least 4 members (excludes halogenated alkanes) is 3. The highest BCUT2D eigenvalue weighted by molar-refractivity contribution is 7.99.